The van der Waals surface area contributed by atoms with Gasteiger partial charge in [0.2, 0.25) is 0 Å². The van der Waals surface area contributed by atoms with Gasteiger partial charge in [0, 0.05) is 0 Å². The van der Waals surface area contributed by atoms with Crippen LogP contribution in [0.3, 0.4) is 0 Å². The maximum atomic E-state index is 11.3. The third-order valence-electron chi connectivity index (χ3n) is 3.88. The normalized spacial score (nSPS) is 19.8. The van der Waals surface area contributed by atoms with Crippen molar-refractivity contribution in [3.05, 3.63) is 93.9 Å². The molecule has 0 amide bonds. The number of hydrogen-bond donors (Lipinski definition) is 0. The van der Waals surface area contributed by atoms with Gasteiger partial charge in [-0.15, -0.1) is 0 Å². The van der Waals surface area contributed by atoms with Gasteiger partial charge in [0.25, 0.3) is 0 Å². The summed E-state index contributed by atoms with van der Waals surface area (Å²) >= 11 is 0. The van der Waals surface area contributed by atoms with E-state index in [-0.39, 0.29) is 18.9 Å². The summed E-state index contributed by atoms with van der Waals surface area (Å²) in [6, 6.07) is 19.2. The molecule has 0 N–H and O–H groups in total. The second-order valence-electron chi connectivity index (χ2n) is 5.69. The van der Waals surface area contributed by atoms with Gasteiger partial charge in [0.05, 0.1) is 18.1 Å². The topological polar surface area (TPSA) is 70.8 Å². The Kier molecular flexibility index (Phi) is 5.77. The van der Waals surface area contributed by atoms with E-state index in [0.29, 0.717) is 6.61 Å². The van der Waals surface area contributed by atoms with E-state index in [4.69, 9.17) is 14.2 Å². The van der Waals surface area contributed by atoms with Gasteiger partial charge >= 0.3 is 5.70 Å². The summed E-state index contributed by atoms with van der Waals surface area (Å²) in [6.07, 6.45) is -0.181. The summed E-state index contributed by atoms with van der Waals surface area (Å²) in [7, 11) is 0. The smallest absolute Gasteiger partial charge is 0.311 e. The molecule has 0 bridgehead atoms. The first-order valence-electron chi connectivity index (χ1n) is 8.01. The molecule has 130 valence electrons. The Morgan fingerprint density at radius 2 is 1.52 bits per heavy atom. The number of nitrogens with zero attached hydrogens (tertiary/aromatic N) is 1. The average molecular weight is 341 g/mol. The second-order valence-corrected chi connectivity index (χ2v) is 5.69. The van der Waals surface area contributed by atoms with E-state index in [0.717, 1.165) is 17.4 Å². The van der Waals surface area contributed by atoms with Crippen LogP contribution in [0.2, 0.25) is 0 Å². The molecule has 0 saturated carbocycles. The fourth-order valence-electron chi connectivity index (χ4n) is 2.59. The maximum Gasteiger partial charge on any atom is 0.311 e. The highest BCUT2D eigenvalue weighted by Crippen LogP contribution is 2.23. The molecule has 2 atom stereocenters. The highest BCUT2D eigenvalue weighted by Gasteiger charge is 2.38. The van der Waals surface area contributed by atoms with E-state index in [1.54, 1.807) is 0 Å². The lowest BCUT2D eigenvalue weighted by molar-refractivity contribution is -0.445. The number of hydrogen-bond acceptors (Lipinski definition) is 5. The molecule has 2 aromatic carbocycles. The van der Waals surface area contributed by atoms with E-state index in [2.05, 4.69) is 0 Å². The summed E-state index contributed by atoms with van der Waals surface area (Å²) < 4.78 is 16.9. The van der Waals surface area contributed by atoms with Gasteiger partial charge in [0.15, 0.2) is 12.4 Å². The lowest BCUT2D eigenvalue weighted by Crippen LogP contribution is -2.41. The van der Waals surface area contributed by atoms with Gasteiger partial charge in [-0.3, -0.25) is 10.1 Å². The van der Waals surface area contributed by atoms with Crippen molar-refractivity contribution < 1.29 is 19.1 Å². The molecule has 0 unspecified atom stereocenters. The summed E-state index contributed by atoms with van der Waals surface area (Å²) in [5.74, 6) is 0. The summed E-state index contributed by atoms with van der Waals surface area (Å²) in [6.45, 7) is 0.816. The van der Waals surface area contributed by atoms with E-state index >= 15 is 0 Å². The standard InChI is InChI=1S/C19H19NO5/c21-20(22)17-13-23-14-18(24-11-15-7-3-1-4-8-15)19(17)25-12-16-9-5-2-6-10-16/h1-10,13,18-19H,11-12,14H2/t18-,19+/m1/s1. The first-order valence-corrected chi connectivity index (χ1v) is 8.01. The van der Waals surface area contributed by atoms with Crippen LogP contribution in [0.4, 0.5) is 0 Å². The van der Waals surface area contributed by atoms with E-state index in [1.165, 1.54) is 0 Å². The van der Waals surface area contributed by atoms with Crippen LogP contribution in [0.25, 0.3) is 0 Å². The van der Waals surface area contributed by atoms with Crippen LogP contribution >= 0.6 is 0 Å². The van der Waals surface area contributed by atoms with Crippen molar-refractivity contribution in [3.8, 4) is 0 Å². The minimum atomic E-state index is -0.785. The molecule has 25 heavy (non-hydrogen) atoms. The van der Waals surface area contributed by atoms with Crippen molar-refractivity contribution in [3.63, 3.8) is 0 Å². The molecule has 1 aliphatic heterocycles. The Hall–Kier alpha value is -2.70. The SMILES string of the molecule is O=[N+]([O-])C1=COC[C@@H](OCc2ccccc2)[C@H]1OCc1ccccc1. The van der Waals surface area contributed by atoms with Crippen LogP contribution < -0.4 is 0 Å². The maximum absolute atomic E-state index is 11.3. The minimum absolute atomic E-state index is 0.125. The number of ether oxygens (including phenoxy) is 3. The highest BCUT2D eigenvalue weighted by atomic mass is 16.6. The van der Waals surface area contributed by atoms with Crippen molar-refractivity contribution in [2.24, 2.45) is 0 Å². The van der Waals surface area contributed by atoms with Crippen molar-refractivity contribution in [1.82, 2.24) is 0 Å². The molecule has 0 saturated heterocycles. The molecular weight excluding hydrogens is 322 g/mol. The van der Waals surface area contributed by atoms with Gasteiger partial charge in [0.1, 0.15) is 12.7 Å². The van der Waals surface area contributed by atoms with Crippen molar-refractivity contribution in [2.45, 2.75) is 25.4 Å². The lowest BCUT2D eigenvalue weighted by Gasteiger charge is -2.28. The van der Waals surface area contributed by atoms with Crippen LogP contribution in [-0.4, -0.2) is 23.7 Å². The van der Waals surface area contributed by atoms with Crippen LogP contribution in [-0.2, 0) is 27.4 Å². The molecule has 3 rings (SSSR count). The summed E-state index contributed by atoms with van der Waals surface area (Å²) in [5.41, 5.74) is 1.81. The molecule has 6 heteroatoms. The zero-order valence-electron chi connectivity index (χ0n) is 13.6. The summed E-state index contributed by atoms with van der Waals surface area (Å²) in [4.78, 5) is 10.8. The Bertz CT molecular complexity index is 717. The van der Waals surface area contributed by atoms with E-state index in [1.807, 2.05) is 60.7 Å². The van der Waals surface area contributed by atoms with Gasteiger partial charge in [-0.2, -0.15) is 0 Å². The van der Waals surface area contributed by atoms with Gasteiger partial charge in [-0.05, 0) is 11.1 Å². The Labute approximate surface area is 145 Å². The van der Waals surface area contributed by atoms with E-state index in [9.17, 15) is 10.1 Å². The van der Waals surface area contributed by atoms with Gasteiger partial charge in [-0.1, -0.05) is 60.7 Å². The average Bonchev–Trinajstić information content (AvgIpc) is 2.66. The Morgan fingerprint density at radius 1 is 0.960 bits per heavy atom. The van der Waals surface area contributed by atoms with Crippen LogP contribution in [0, 0.1) is 10.1 Å². The third-order valence-corrected chi connectivity index (χ3v) is 3.88. The highest BCUT2D eigenvalue weighted by molar-refractivity contribution is 5.15. The van der Waals surface area contributed by atoms with E-state index < -0.39 is 17.1 Å². The Balaban J connectivity index is 1.68. The quantitative estimate of drug-likeness (QED) is 0.571. The number of nitro groups is 1. The minimum Gasteiger partial charge on any atom is -0.491 e. The molecule has 0 fully saturated rings. The fraction of sp³-hybridized carbons (Fsp3) is 0.263. The predicted molar refractivity (Wildman–Crippen MR) is 91.1 cm³/mol. The van der Waals surface area contributed by atoms with Crippen molar-refractivity contribution in [2.75, 3.05) is 6.61 Å². The first kappa shape index (κ1) is 17.1. The van der Waals surface area contributed by atoms with Crippen molar-refractivity contribution >= 4 is 0 Å². The molecule has 1 heterocycles. The zero-order valence-corrected chi connectivity index (χ0v) is 13.6. The molecule has 0 aliphatic carbocycles. The van der Waals surface area contributed by atoms with Crippen molar-refractivity contribution in [1.29, 1.82) is 0 Å². The molecule has 0 radical (unpaired) electrons. The predicted octanol–water partition coefficient (Wildman–Crippen LogP) is 3.31. The molecule has 1 aliphatic rings. The van der Waals surface area contributed by atoms with Gasteiger partial charge in [-0.25, -0.2) is 0 Å². The summed E-state index contributed by atoms with van der Waals surface area (Å²) in [5, 5.41) is 11.3. The fourth-order valence-corrected chi connectivity index (χ4v) is 2.59. The Morgan fingerprint density at radius 3 is 2.08 bits per heavy atom. The molecule has 6 nitrogen and oxygen atoms in total. The zero-order chi connectivity index (χ0) is 17.5. The van der Waals surface area contributed by atoms with Crippen LogP contribution in [0.1, 0.15) is 11.1 Å². The largest absolute Gasteiger partial charge is 0.491 e. The molecule has 2 aromatic rings. The third kappa shape index (κ3) is 4.65. The first-order chi connectivity index (χ1) is 12.2. The van der Waals surface area contributed by atoms with Crippen LogP contribution in [0.15, 0.2) is 72.6 Å². The second kappa shape index (κ2) is 8.41. The van der Waals surface area contributed by atoms with Crippen LogP contribution in [0.5, 0.6) is 0 Å². The number of rotatable bonds is 7. The number of benzene rings is 2. The monoisotopic (exact) mass is 341 g/mol. The molecular formula is C19H19NO5. The lowest BCUT2D eigenvalue weighted by atomic mass is 10.1. The molecule has 0 aromatic heterocycles. The van der Waals surface area contributed by atoms with Gasteiger partial charge < -0.3 is 14.2 Å². The molecule has 0 spiro atoms.